The molecule has 0 aliphatic carbocycles. The summed E-state index contributed by atoms with van der Waals surface area (Å²) in [6.45, 7) is 3.76. The first-order chi connectivity index (χ1) is 8.87. The van der Waals surface area contributed by atoms with Crippen LogP contribution in [0.4, 0.5) is 5.69 Å². The van der Waals surface area contributed by atoms with E-state index in [0.29, 0.717) is 13.0 Å². The highest BCUT2D eigenvalue weighted by Crippen LogP contribution is 2.34. The van der Waals surface area contributed by atoms with Crippen LogP contribution in [-0.2, 0) is 14.8 Å². The summed E-state index contributed by atoms with van der Waals surface area (Å²) < 4.78 is 23.4. The van der Waals surface area contributed by atoms with Crippen LogP contribution in [0.15, 0.2) is 30.3 Å². The minimum atomic E-state index is -3.44. The Bertz CT molecular complexity index is 567. The van der Waals surface area contributed by atoms with Gasteiger partial charge in [0, 0.05) is 18.8 Å². The lowest BCUT2D eigenvalue weighted by atomic mass is 10.2. The van der Waals surface area contributed by atoms with Crippen molar-refractivity contribution >= 4 is 21.6 Å². The zero-order chi connectivity index (χ0) is 14.1. The number of anilines is 1. The number of amides is 1. The minimum absolute atomic E-state index is 0.241. The van der Waals surface area contributed by atoms with Crippen molar-refractivity contribution in [2.24, 2.45) is 0 Å². The summed E-state index contributed by atoms with van der Waals surface area (Å²) in [7, 11) is -3.44. The summed E-state index contributed by atoms with van der Waals surface area (Å²) >= 11 is 0. The number of nitrogens with one attached hydrogen (secondary N) is 1. The Morgan fingerprint density at radius 2 is 1.84 bits per heavy atom. The van der Waals surface area contributed by atoms with Gasteiger partial charge in [0.05, 0.1) is 0 Å². The molecule has 0 radical (unpaired) electrons. The van der Waals surface area contributed by atoms with E-state index in [1.54, 1.807) is 0 Å². The highest BCUT2D eigenvalue weighted by molar-refractivity contribution is 7.94. The summed E-state index contributed by atoms with van der Waals surface area (Å²) in [4.78, 5) is 11.7. The Labute approximate surface area is 113 Å². The molecule has 1 aromatic rings. The molecule has 1 saturated heterocycles. The number of benzene rings is 1. The third-order valence-corrected chi connectivity index (χ3v) is 5.71. The molecule has 104 valence electrons. The second-order valence-electron chi connectivity index (χ2n) is 5.04. The Hall–Kier alpha value is -1.56. The zero-order valence-corrected chi connectivity index (χ0v) is 11.9. The molecule has 1 heterocycles. The van der Waals surface area contributed by atoms with Crippen molar-refractivity contribution in [2.75, 3.05) is 18.4 Å². The van der Waals surface area contributed by atoms with Crippen LogP contribution in [0, 0.1) is 0 Å². The van der Waals surface area contributed by atoms with Gasteiger partial charge < -0.3 is 5.32 Å². The van der Waals surface area contributed by atoms with Crippen LogP contribution in [0.5, 0.6) is 0 Å². The molecule has 6 heteroatoms. The van der Waals surface area contributed by atoms with Crippen LogP contribution in [-0.4, -0.2) is 36.5 Å². The van der Waals surface area contributed by atoms with Gasteiger partial charge in [-0.05, 0) is 32.4 Å². The van der Waals surface area contributed by atoms with Gasteiger partial charge >= 0.3 is 0 Å². The minimum Gasteiger partial charge on any atom is -0.385 e. The van der Waals surface area contributed by atoms with Gasteiger partial charge in [-0.2, -0.15) is 0 Å². The highest BCUT2D eigenvalue weighted by atomic mass is 32.2. The summed E-state index contributed by atoms with van der Waals surface area (Å²) in [6.07, 6.45) is 0.593. The molecule has 1 aromatic carbocycles. The van der Waals surface area contributed by atoms with E-state index in [9.17, 15) is 13.2 Å². The van der Waals surface area contributed by atoms with Crippen LogP contribution in [0.2, 0.25) is 0 Å². The normalized spacial score (nSPS) is 19.9. The Balaban J connectivity index is 1.80. The number of para-hydroxylation sites is 1. The lowest BCUT2D eigenvalue weighted by molar-refractivity contribution is -0.132. The quantitative estimate of drug-likeness (QED) is 0.830. The summed E-state index contributed by atoms with van der Waals surface area (Å²) in [5, 5.41) is 3.18. The monoisotopic (exact) mass is 282 g/mol. The van der Waals surface area contributed by atoms with Crippen molar-refractivity contribution in [3.63, 3.8) is 0 Å². The number of nitrogens with zero attached hydrogens (tertiary/aromatic N) is 1. The third kappa shape index (κ3) is 2.32. The second kappa shape index (κ2) is 4.85. The molecule has 1 aliphatic heterocycles. The SMILES string of the molecule is CC1(C)C(=O)N(CCCNc2ccccc2)S1(=O)=O. The maximum absolute atomic E-state index is 11.8. The summed E-state index contributed by atoms with van der Waals surface area (Å²) in [6, 6.07) is 9.66. The molecule has 0 spiro atoms. The van der Waals surface area contributed by atoms with Gasteiger partial charge in [-0.1, -0.05) is 18.2 Å². The number of hydrogen-bond donors (Lipinski definition) is 1. The molecule has 1 fully saturated rings. The summed E-state index contributed by atoms with van der Waals surface area (Å²) in [5.74, 6) is -0.313. The molecule has 5 nitrogen and oxygen atoms in total. The fourth-order valence-corrected chi connectivity index (χ4v) is 3.56. The van der Waals surface area contributed by atoms with E-state index >= 15 is 0 Å². The van der Waals surface area contributed by atoms with E-state index in [4.69, 9.17) is 0 Å². The van der Waals surface area contributed by atoms with Crippen molar-refractivity contribution < 1.29 is 13.2 Å². The topological polar surface area (TPSA) is 66.5 Å². The molecule has 2 rings (SSSR count). The number of hydrogen-bond acceptors (Lipinski definition) is 4. The van der Waals surface area contributed by atoms with E-state index < -0.39 is 14.8 Å². The fourth-order valence-electron chi connectivity index (χ4n) is 1.99. The van der Waals surface area contributed by atoms with Crippen LogP contribution >= 0.6 is 0 Å². The maximum atomic E-state index is 11.8. The van der Waals surface area contributed by atoms with Gasteiger partial charge in [0.25, 0.3) is 15.9 Å². The van der Waals surface area contributed by atoms with Crippen LogP contribution in [0.1, 0.15) is 20.3 Å². The molecular formula is C13H18N2O3S. The maximum Gasteiger partial charge on any atom is 0.258 e. The first kappa shape index (κ1) is 13.9. The van der Waals surface area contributed by atoms with Gasteiger partial charge in [-0.15, -0.1) is 0 Å². The van der Waals surface area contributed by atoms with Gasteiger partial charge in [0.2, 0.25) is 0 Å². The average Bonchev–Trinajstić information content (AvgIpc) is 2.38. The standard InChI is InChI=1S/C13H18N2O3S/c1-13(2)12(16)15(19(13,17)18)10-6-9-14-11-7-4-3-5-8-11/h3-5,7-8,14H,6,9-10H2,1-2H3. The predicted octanol–water partition coefficient (Wildman–Crippen LogP) is 1.44. The Kier molecular flexibility index (Phi) is 3.54. The molecule has 0 saturated carbocycles. The van der Waals surface area contributed by atoms with E-state index in [1.165, 1.54) is 13.8 Å². The molecule has 19 heavy (non-hydrogen) atoms. The van der Waals surface area contributed by atoms with Crippen LogP contribution < -0.4 is 5.32 Å². The van der Waals surface area contributed by atoms with Crippen LogP contribution in [0.3, 0.4) is 0 Å². The second-order valence-corrected chi connectivity index (χ2v) is 7.45. The van der Waals surface area contributed by atoms with E-state index in [2.05, 4.69) is 5.32 Å². The average molecular weight is 282 g/mol. The first-order valence-electron chi connectivity index (χ1n) is 6.23. The van der Waals surface area contributed by atoms with Crippen molar-refractivity contribution in [1.82, 2.24) is 4.31 Å². The Morgan fingerprint density at radius 1 is 1.21 bits per heavy atom. The molecule has 1 amide bonds. The largest absolute Gasteiger partial charge is 0.385 e. The molecule has 1 aliphatic rings. The predicted molar refractivity (Wildman–Crippen MR) is 74.3 cm³/mol. The molecular weight excluding hydrogens is 264 g/mol. The van der Waals surface area contributed by atoms with Gasteiger partial charge in [0.1, 0.15) is 0 Å². The van der Waals surface area contributed by atoms with Crippen LogP contribution in [0.25, 0.3) is 0 Å². The van der Waals surface area contributed by atoms with Crippen molar-refractivity contribution in [1.29, 1.82) is 0 Å². The number of carbonyl (C=O) groups is 1. The van der Waals surface area contributed by atoms with Gasteiger partial charge in [-0.3, -0.25) is 4.79 Å². The van der Waals surface area contributed by atoms with E-state index in [-0.39, 0.29) is 12.5 Å². The lowest BCUT2D eigenvalue weighted by Crippen LogP contribution is -2.67. The van der Waals surface area contributed by atoms with Crippen molar-refractivity contribution in [3.05, 3.63) is 30.3 Å². The first-order valence-corrected chi connectivity index (χ1v) is 7.67. The summed E-state index contributed by atoms with van der Waals surface area (Å²) in [5.41, 5.74) is 0.987. The Morgan fingerprint density at radius 3 is 2.42 bits per heavy atom. The molecule has 0 unspecified atom stereocenters. The van der Waals surface area contributed by atoms with E-state index in [0.717, 1.165) is 9.99 Å². The fraction of sp³-hybridized carbons (Fsp3) is 0.462. The van der Waals surface area contributed by atoms with Gasteiger partial charge in [-0.25, -0.2) is 12.7 Å². The van der Waals surface area contributed by atoms with Crippen molar-refractivity contribution in [2.45, 2.75) is 25.0 Å². The van der Waals surface area contributed by atoms with Crippen molar-refractivity contribution in [3.8, 4) is 0 Å². The smallest absolute Gasteiger partial charge is 0.258 e. The lowest BCUT2D eigenvalue weighted by Gasteiger charge is -2.43. The number of rotatable bonds is 5. The number of sulfonamides is 1. The molecule has 0 aromatic heterocycles. The van der Waals surface area contributed by atoms with E-state index in [1.807, 2.05) is 30.3 Å². The zero-order valence-electron chi connectivity index (χ0n) is 11.1. The molecule has 0 bridgehead atoms. The highest BCUT2D eigenvalue weighted by Gasteiger charge is 2.59. The molecule has 0 atom stereocenters. The van der Waals surface area contributed by atoms with Gasteiger partial charge in [0.15, 0.2) is 4.75 Å². The molecule has 1 N–H and O–H groups in total. The number of carbonyl (C=O) groups excluding carboxylic acids is 1. The third-order valence-electron chi connectivity index (χ3n) is 3.32.